The highest BCUT2D eigenvalue weighted by Gasteiger charge is 2.07. The Labute approximate surface area is 131 Å². The SMILES string of the molecule is CC(=NNc1nc2ccccc2s1)c1cc2ccccc2o1. The van der Waals surface area contributed by atoms with Gasteiger partial charge in [-0.1, -0.05) is 41.7 Å². The molecule has 0 fully saturated rings. The second-order valence-corrected chi connectivity index (χ2v) is 5.97. The molecular formula is C17H13N3OS. The van der Waals surface area contributed by atoms with Gasteiger partial charge in [0.15, 0.2) is 5.76 Å². The first kappa shape index (κ1) is 13.0. The van der Waals surface area contributed by atoms with E-state index >= 15 is 0 Å². The van der Waals surface area contributed by atoms with Gasteiger partial charge in [-0.25, -0.2) is 4.98 Å². The number of para-hydroxylation sites is 2. The Morgan fingerprint density at radius 1 is 1.14 bits per heavy atom. The normalized spacial score (nSPS) is 12.1. The summed E-state index contributed by atoms with van der Waals surface area (Å²) in [4.78, 5) is 4.49. The monoisotopic (exact) mass is 307 g/mol. The van der Waals surface area contributed by atoms with Crippen LogP contribution >= 0.6 is 11.3 Å². The number of rotatable bonds is 3. The van der Waals surface area contributed by atoms with E-state index in [0.29, 0.717) is 0 Å². The van der Waals surface area contributed by atoms with E-state index in [1.807, 2.05) is 61.5 Å². The summed E-state index contributed by atoms with van der Waals surface area (Å²) in [5, 5.41) is 6.23. The summed E-state index contributed by atoms with van der Waals surface area (Å²) < 4.78 is 6.93. The number of hydrogen-bond donors (Lipinski definition) is 1. The first-order chi connectivity index (χ1) is 10.8. The molecule has 0 saturated heterocycles. The molecule has 4 rings (SSSR count). The molecule has 108 valence electrons. The summed E-state index contributed by atoms with van der Waals surface area (Å²) in [7, 11) is 0. The van der Waals surface area contributed by atoms with Crippen LogP contribution in [0.25, 0.3) is 21.2 Å². The maximum absolute atomic E-state index is 5.79. The first-order valence-corrected chi connectivity index (χ1v) is 7.76. The zero-order chi connectivity index (χ0) is 14.9. The molecule has 2 aromatic carbocycles. The molecule has 0 aliphatic rings. The highest BCUT2D eigenvalue weighted by Crippen LogP contribution is 2.25. The largest absolute Gasteiger partial charge is 0.455 e. The lowest BCUT2D eigenvalue weighted by Crippen LogP contribution is -1.97. The fourth-order valence-corrected chi connectivity index (χ4v) is 3.08. The molecule has 1 N–H and O–H groups in total. The van der Waals surface area contributed by atoms with Crippen LogP contribution in [0, 0.1) is 0 Å². The summed E-state index contributed by atoms with van der Waals surface area (Å²) in [6.07, 6.45) is 0. The molecule has 0 bridgehead atoms. The van der Waals surface area contributed by atoms with Gasteiger partial charge in [-0.2, -0.15) is 5.10 Å². The van der Waals surface area contributed by atoms with Crippen LogP contribution in [-0.4, -0.2) is 10.7 Å². The van der Waals surface area contributed by atoms with Gasteiger partial charge < -0.3 is 4.42 Å². The Morgan fingerprint density at radius 3 is 2.82 bits per heavy atom. The molecule has 0 radical (unpaired) electrons. The van der Waals surface area contributed by atoms with Crippen molar-refractivity contribution in [1.82, 2.24) is 4.98 Å². The zero-order valence-corrected chi connectivity index (χ0v) is 12.7. The molecule has 4 nitrogen and oxygen atoms in total. The Kier molecular flexibility index (Phi) is 3.12. The van der Waals surface area contributed by atoms with Crippen molar-refractivity contribution in [2.45, 2.75) is 6.92 Å². The molecular weight excluding hydrogens is 294 g/mol. The molecule has 4 aromatic rings. The Morgan fingerprint density at radius 2 is 1.95 bits per heavy atom. The maximum Gasteiger partial charge on any atom is 0.204 e. The second-order valence-electron chi connectivity index (χ2n) is 4.94. The van der Waals surface area contributed by atoms with Gasteiger partial charge in [-0.3, -0.25) is 5.43 Å². The molecule has 22 heavy (non-hydrogen) atoms. The third kappa shape index (κ3) is 2.35. The van der Waals surface area contributed by atoms with E-state index in [4.69, 9.17) is 4.42 Å². The summed E-state index contributed by atoms with van der Waals surface area (Å²) in [5.74, 6) is 0.759. The van der Waals surface area contributed by atoms with E-state index in [1.165, 1.54) is 0 Å². The van der Waals surface area contributed by atoms with E-state index < -0.39 is 0 Å². The van der Waals surface area contributed by atoms with Gasteiger partial charge in [-0.05, 0) is 31.2 Å². The van der Waals surface area contributed by atoms with Gasteiger partial charge in [0.2, 0.25) is 5.13 Å². The molecule has 2 heterocycles. The van der Waals surface area contributed by atoms with Crippen LogP contribution in [0.3, 0.4) is 0 Å². The third-order valence-corrected chi connectivity index (χ3v) is 4.34. The molecule has 0 aliphatic heterocycles. The van der Waals surface area contributed by atoms with Crippen LogP contribution in [0.4, 0.5) is 5.13 Å². The van der Waals surface area contributed by atoms with Crippen molar-refractivity contribution in [3.05, 3.63) is 60.4 Å². The van der Waals surface area contributed by atoms with Crippen LogP contribution in [0.5, 0.6) is 0 Å². The molecule has 0 saturated carbocycles. The smallest absolute Gasteiger partial charge is 0.204 e. The minimum absolute atomic E-state index is 0.759. The third-order valence-electron chi connectivity index (χ3n) is 3.40. The Hall–Kier alpha value is -2.66. The van der Waals surface area contributed by atoms with Crippen molar-refractivity contribution in [2.24, 2.45) is 5.10 Å². The number of fused-ring (bicyclic) bond motifs is 2. The molecule has 0 amide bonds. The van der Waals surface area contributed by atoms with Crippen LogP contribution < -0.4 is 5.43 Å². The van der Waals surface area contributed by atoms with Crippen molar-refractivity contribution in [2.75, 3.05) is 5.43 Å². The van der Waals surface area contributed by atoms with E-state index in [2.05, 4.69) is 15.5 Å². The topological polar surface area (TPSA) is 50.4 Å². The average molecular weight is 307 g/mol. The lowest BCUT2D eigenvalue weighted by atomic mass is 10.2. The van der Waals surface area contributed by atoms with E-state index in [9.17, 15) is 0 Å². The van der Waals surface area contributed by atoms with Crippen LogP contribution in [0.15, 0.2) is 64.1 Å². The van der Waals surface area contributed by atoms with Crippen molar-refractivity contribution in [1.29, 1.82) is 0 Å². The number of aromatic nitrogens is 1. The number of benzene rings is 2. The lowest BCUT2D eigenvalue weighted by molar-refractivity contribution is 0.604. The number of hydrogen-bond acceptors (Lipinski definition) is 5. The molecule has 0 spiro atoms. The minimum atomic E-state index is 0.759. The number of nitrogens with one attached hydrogen (secondary N) is 1. The average Bonchev–Trinajstić information content (AvgIpc) is 3.15. The minimum Gasteiger partial charge on any atom is -0.455 e. The highest BCUT2D eigenvalue weighted by atomic mass is 32.1. The lowest BCUT2D eigenvalue weighted by Gasteiger charge is -1.96. The number of furan rings is 1. The van der Waals surface area contributed by atoms with Crippen molar-refractivity contribution < 1.29 is 4.42 Å². The maximum atomic E-state index is 5.79. The molecule has 2 aromatic heterocycles. The predicted molar refractivity (Wildman–Crippen MR) is 91.7 cm³/mol. The number of thiazole rings is 1. The Balaban J connectivity index is 1.61. The number of anilines is 1. The van der Waals surface area contributed by atoms with Gasteiger partial charge in [0.1, 0.15) is 11.3 Å². The van der Waals surface area contributed by atoms with Crippen molar-refractivity contribution in [3.8, 4) is 0 Å². The van der Waals surface area contributed by atoms with E-state index in [-0.39, 0.29) is 0 Å². The standard InChI is InChI=1S/C17H13N3OS/c1-11(15-10-12-6-2-4-8-14(12)21-15)19-20-17-18-13-7-3-5-9-16(13)22-17/h2-10H,1H3,(H,18,20). The van der Waals surface area contributed by atoms with Gasteiger partial charge >= 0.3 is 0 Å². The fraction of sp³-hybridized carbons (Fsp3) is 0.0588. The molecule has 0 unspecified atom stereocenters. The molecule has 0 atom stereocenters. The van der Waals surface area contributed by atoms with Crippen molar-refractivity contribution in [3.63, 3.8) is 0 Å². The van der Waals surface area contributed by atoms with Gasteiger partial charge in [0.25, 0.3) is 0 Å². The van der Waals surface area contributed by atoms with Gasteiger partial charge in [0, 0.05) is 5.39 Å². The van der Waals surface area contributed by atoms with Crippen LogP contribution in [-0.2, 0) is 0 Å². The second kappa shape index (κ2) is 5.27. The van der Waals surface area contributed by atoms with Crippen LogP contribution in [0.2, 0.25) is 0 Å². The van der Waals surface area contributed by atoms with Gasteiger partial charge in [0.05, 0.1) is 10.2 Å². The highest BCUT2D eigenvalue weighted by molar-refractivity contribution is 7.22. The summed E-state index contributed by atoms with van der Waals surface area (Å²) >= 11 is 1.58. The van der Waals surface area contributed by atoms with Crippen LogP contribution in [0.1, 0.15) is 12.7 Å². The summed E-state index contributed by atoms with van der Waals surface area (Å²) in [6.45, 7) is 1.91. The summed E-state index contributed by atoms with van der Waals surface area (Å²) in [6, 6.07) is 18.0. The first-order valence-electron chi connectivity index (χ1n) is 6.94. The van der Waals surface area contributed by atoms with Gasteiger partial charge in [-0.15, -0.1) is 0 Å². The van der Waals surface area contributed by atoms with Crippen molar-refractivity contribution >= 4 is 43.4 Å². The zero-order valence-electron chi connectivity index (χ0n) is 11.9. The van der Waals surface area contributed by atoms with E-state index in [1.54, 1.807) is 11.3 Å². The predicted octanol–water partition coefficient (Wildman–Crippen LogP) is 4.88. The number of nitrogens with zero attached hydrogens (tertiary/aromatic N) is 2. The molecule has 0 aliphatic carbocycles. The Bertz CT molecular complexity index is 918. The summed E-state index contributed by atoms with van der Waals surface area (Å²) in [5.41, 5.74) is 5.65. The van der Waals surface area contributed by atoms with E-state index in [0.717, 1.165) is 37.8 Å². The fourth-order valence-electron chi connectivity index (χ4n) is 2.27. The molecule has 5 heteroatoms. The number of hydrazone groups is 1. The quantitative estimate of drug-likeness (QED) is 0.433.